The van der Waals surface area contributed by atoms with E-state index in [1.807, 2.05) is 62.4 Å². The summed E-state index contributed by atoms with van der Waals surface area (Å²) in [6, 6.07) is 15.5. The number of fused-ring (bicyclic) bond motifs is 1. The van der Waals surface area contributed by atoms with E-state index in [1.54, 1.807) is 6.20 Å². The largest absolute Gasteiger partial charge is 0.289 e. The van der Waals surface area contributed by atoms with Crippen molar-refractivity contribution in [2.45, 2.75) is 13.8 Å². The van der Waals surface area contributed by atoms with Gasteiger partial charge in [-0.3, -0.25) is 9.78 Å². The number of aryl methyl sites for hydroxylation is 2. The Labute approximate surface area is 118 Å². The molecule has 0 radical (unpaired) electrons. The van der Waals surface area contributed by atoms with E-state index in [9.17, 15) is 4.79 Å². The Morgan fingerprint density at radius 1 is 0.950 bits per heavy atom. The van der Waals surface area contributed by atoms with E-state index in [-0.39, 0.29) is 5.78 Å². The maximum absolute atomic E-state index is 12.8. The lowest BCUT2D eigenvalue weighted by Crippen LogP contribution is -2.05. The normalized spacial score (nSPS) is 10.7. The molecular formula is C18H15NO. The molecule has 0 saturated heterocycles. The number of ketones is 1. The van der Waals surface area contributed by atoms with Gasteiger partial charge in [-0.1, -0.05) is 35.9 Å². The summed E-state index contributed by atoms with van der Waals surface area (Å²) < 4.78 is 0. The third-order valence-corrected chi connectivity index (χ3v) is 3.53. The van der Waals surface area contributed by atoms with Crippen molar-refractivity contribution in [1.29, 1.82) is 0 Å². The first-order valence-corrected chi connectivity index (χ1v) is 6.62. The van der Waals surface area contributed by atoms with Crippen molar-refractivity contribution in [3.63, 3.8) is 0 Å². The topological polar surface area (TPSA) is 30.0 Å². The van der Waals surface area contributed by atoms with Crippen molar-refractivity contribution in [2.24, 2.45) is 0 Å². The molecule has 0 N–H and O–H groups in total. The van der Waals surface area contributed by atoms with E-state index in [4.69, 9.17) is 0 Å². The summed E-state index contributed by atoms with van der Waals surface area (Å²) in [5.41, 5.74) is 4.42. The van der Waals surface area contributed by atoms with Crippen LogP contribution < -0.4 is 0 Å². The third-order valence-electron chi connectivity index (χ3n) is 3.53. The van der Waals surface area contributed by atoms with Crippen LogP contribution in [-0.2, 0) is 0 Å². The summed E-state index contributed by atoms with van der Waals surface area (Å²) >= 11 is 0. The second-order valence-corrected chi connectivity index (χ2v) is 5.02. The fourth-order valence-electron chi connectivity index (χ4n) is 2.43. The minimum atomic E-state index is 0.0600. The molecule has 0 atom stereocenters. The average molecular weight is 261 g/mol. The van der Waals surface area contributed by atoms with Gasteiger partial charge in [-0.2, -0.15) is 0 Å². The van der Waals surface area contributed by atoms with Crippen LogP contribution in [-0.4, -0.2) is 10.8 Å². The smallest absolute Gasteiger partial charge is 0.193 e. The molecule has 2 nitrogen and oxygen atoms in total. The van der Waals surface area contributed by atoms with Gasteiger partial charge in [-0.05, 0) is 37.6 Å². The minimum absolute atomic E-state index is 0.0600. The van der Waals surface area contributed by atoms with Gasteiger partial charge in [-0.15, -0.1) is 0 Å². The summed E-state index contributed by atoms with van der Waals surface area (Å²) in [6.07, 6.45) is 1.74. The van der Waals surface area contributed by atoms with Gasteiger partial charge in [-0.25, -0.2) is 0 Å². The molecule has 2 aromatic carbocycles. The van der Waals surface area contributed by atoms with Gasteiger partial charge in [0.2, 0.25) is 0 Å². The predicted octanol–water partition coefficient (Wildman–Crippen LogP) is 4.08. The van der Waals surface area contributed by atoms with Crippen LogP contribution in [0.4, 0.5) is 0 Å². The van der Waals surface area contributed by atoms with Crippen molar-refractivity contribution >= 4 is 16.7 Å². The highest BCUT2D eigenvalue weighted by Gasteiger charge is 2.14. The van der Waals surface area contributed by atoms with Crippen molar-refractivity contribution in [2.75, 3.05) is 0 Å². The number of carbonyl (C=O) groups is 1. The van der Waals surface area contributed by atoms with E-state index in [0.717, 1.165) is 27.6 Å². The Kier molecular flexibility index (Phi) is 3.07. The highest BCUT2D eigenvalue weighted by Crippen LogP contribution is 2.22. The van der Waals surface area contributed by atoms with Crippen molar-refractivity contribution < 1.29 is 4.79 Å². The van der Waals surface area contributed by atoms with Crippen molar-refractivity contribution in [3.05, 3.63) is 77.0 Å². The highest BCUT2D eigenvalue weighted by molar-refractivity contribution is 6.16. The molecule has 0 amide bonds. The Balaban J connectivity index is 2.20. The number of aromatic nitrogens is 1. The van der Waals surface area contributed by atoms with Crippen LogP contribution in [0, 0.1) is 13.8 Å². The fraction of sp³-hybridized carbons (Fsp3) is 0.111. The van der Waals surface area contributed by atoms with Gasteiger partial charge in [0.25, 0.3) is 0 Å². The molecule has 0 aliphatic heterocycles. The zero-order valence-corrected chi connectivity index (χ0v) is 11.6. The minimum Gasteiger partial charge on any atom is -0.289 e. The van der Waals surface area contributed by atoms with Gasteiger partial charge < -0.3 is 0 Å². The molecule has 0 aliphatic rings. The quantitative estimate of drug-likeness (QED) is 0.650. The summed E-state index contributed by atoms with van der Waals surface area (Å²) in [7, 11) is 0. The summed E-state index contributed by atoms with van der Waals surface area (Å²) in [5.74, 6) is 0.0600. The second kappa shape index (κ2) is 4.89. The Bertz CT molecular complexity index is 800. The lowest BCUT2D eigenvalue weighted by atomic mass is 9.95. The van der Waals surface area contributed by atoms with Crippen LogP contribution >= 0.6 is 0 Å². The van der Waals surface area contributed by atoms with Gasteiger partial charge in [0.1, 0.15) is 0 Å². The summed E-state index contributed by atoms with van der Waals surface area (Å²) in [5, 5.41) is 0.904. The molecule has 3 rings (SSSR count). The predicted molar refractivity (Wildman–Crippen MR) is 81.1 cm³/mol. The molecule has 0 unspecified atom stereocenters. The number of hydrogen-bond donors (Lipinski definition) is 0. The van der Waals surface area contributed by atoms with E-state index in [1.165, 1.54) is 0 Å². The average Bonchev–Trinajstić information content (AvgIpc) is 2.48. The van der Waals surface area contributed by atoms with Crippen LogP contribution in [0.3, 0.4) is 0 Å². The molecule has 0 fully saturated rings. The number of pyridine rings is 1. The Morgan fingerprint density at radius 3 is 2.65 bits per heavy atom. The summed E-state index contributed by atoms with van der Waals surface area (Å²) in [6.45, 7) is 3.97. The van der Waals surface area contributed by atoms with Crippen LogP contribution in [0.2, 0.25) is 0 Å². The fourth-order valence-corrected chi connectivity index (χ4v) is 2.43. The molecule has 0 aliphatic carbocycles. The van der Waals surface area contributed by atoms with Gasteiger partial charge in [0, 0.05) is 22.7 Å². The first-order chi connectivity index (χ1) is 9.66. The lowest BCUT2D eigenvalue weighted by Gasteiger charge is -2.08. The summed E-state index contributed by atoms with van der Waals surface area (Å²) in [4.78, 5) is 17.1. The van der Waals surface area contributed by atoms with Gasteiger partial charge in [0.05, 0.1) is 5.52 Å². The maximum atomic E-state index is 12.8. The van der Waals surface area contributed by atoms with E-state index in [0.29, 0.717) is 5.56 Å². The van der Waals surface area contributed by atoms with Gasteiger partial charge >= 0.3 is 0 Å². The van der Waals surface area contributed by atoms with E-state index in [2.05, 4.69) is 4.98 Å². The Morgan fingerprint density at radius 2 is 1.80 bits per heavy atom. The molecule has 0 bridgehead atoms. The zero-order chi connectivity index (χ0) is 14.1. The number of nitrogens with zero attached hydrogens (tertiary/aromatic N) is 1. The van der Waals surface area contributed by atoms with E-state index < -0.39 is 0 Å². The molecule has 98 valence electrons. The molecule has 1 aromatic heterocycles. The molecule has 3 aromatic rings. The third kappa shape index (κ3) is 2.10. The first kappa shape index (κ1) is 12.5. The molecule has 0 saturated carbocycles. The monoisotopic (exact) mass is 261 g/mol. The standard InChI is InChI=1S/C18H15NO/c1-12-8-9-13(2)16(11-12)18(20)15-5-3-7-17-14(15)6-4-10-19-17/h3-11H,1-2H3. The number of rotatable bonds is 2. The number of benzene rings is 2. The van der Waals surface area contributed by atoms with Gasteiger partial charge in [0.15, 0.2) is 5.78 Å². The lowest BCUT2D eigenvalue weighted by molar-refractivity contribution is 0.103. The molecule has 0 spiro atoms. The zero-order valence-electron chi connectivity index (χ0n) is 11.6. The Hall–Kier alpha value is -2.48. The molecule has 20 heavy (non-hydrogen) atoms. The SMILES string of the molecule is Cc1ccc(C)c(C(=O)c2cccc3ncccc23)c1. The van der Waals surface area contributed by atoms with E-state index >= 15 is 0 Å². The second-order valence-electron chi connectivity index (χ2n) is 5.02. The highest BCUT2D eigenvalue weighted by atomic mass is 16.1. The first-order valence-electron chi connectivity index (χ1n) is 6.62. The van der Waals surface area contributed by atoms with Crippen LogP contribution in [0.5, 0.6) is 0 Å². The van der Waals surface area contributed by atoms with Crippen LogP contribution in [0.25, 0.3) is 10.9 Å². The molecular weight excluding hydrogens is 246 g/mol. The number of hydrogen-bond acceptors (Lipinski definition) is 2. The maximum Gasteiger partial charge on any atom is 0.193 e. The van der Waals surface area contributed by atoms with Crippen molar-refractivity contribution in [3.8, 4) is 0 Å². The number of carbonyl (C=O) groups excluding carboxylic acids is 1. The molecule has 1 heterocycles. The molecule has 2 heteroatoms. The van der Waals surface area contributed by atoms with Crippen LogP contribution in [0.1, 0.15) is 27.0 Å². The van der Waals surface area contributed by atoms with Crippen molar-refractivity contribution in [1.82, 2.24) is 4.98 Å². The van der Waals surface area contributed by atoms with Crippen LogP contribution in [0.15, 0.2) is 54.7 Å².